The molecule has 1 aliphatic heterocycles. The number of carbonyl (C=O) groups excluding carboxylic acids is 1. The number of nitrogens with zero attached hydrogens (tertiary/aromatic N) is 3. The van der Waals surface area contributed by atoms with Crippen molar-refractivity contribution in [2.24, 2.45) is 0 Å². The fourth-order valence-electron chi connectivity index (χ4n) is 2.86. The molecule has 2 N–H and O–H groups in total. The van der Waals surface area contributed by atoms with Crippen LogP contribution in [0.4, 0.5) is 0 Å². The zero-order chi connectivity index (χ0) is 17.9. The maximum Gasteiger partial charge on any atom is 0.245 e. The summed E-state index contributed by atoms with van der Waals surface area (Å²) >= 11 is 0. The summed E-state index contributed by atoms with van der Waals surface area (Å²) in [5, 5.41) is 3.31. The Kier molecular flexibility index (Phi) is 5.16. The number of sulfonamides is 1. The number of pyridine rings is 1. The van der Waals surface area contributed by atoms with E-state index in [0.717, 1.165) is 0 Å². The molecule has 3 heterocycles. The van der Waals surface area contributed by atoms with Crippen LogP contribution in [0.3, 0.4) is 0 Å². The van der Waals surface area contributed by atoms with E-state index in [1.807, 2.05) is 4.90 Å². The van der Waals surface area contributed by atoms with Crippen molar-refractivity contribution < 1.29 is 13.2 Å². The van der Waals surface area contributed by atoms with Gasteiger partial charge in [0.2, 0.25) is 15.9 Å². The Bertz CT molecular complexity index is 869. The fourth-order valence-corrected chi connectivity index (χ4v) is 4.43. The Morgan fingerprint density at radius 1 is 1.36 bits per heavy atom. The molecule has 0 saturated carbocycles. The highest BCUT2D eigenvalue weighted by Gasteiger charge is 2.30. The third kappa shape index (κ3) is 3.73. The number of amides is 1. The monoisotopic (exact) mass is 363 g/mol. The van der Waals surface area contributed by atoms with Crippen LogP contribution in [0, 0.1) is 0 Å². The molecule has 1 saturated heterocycles. The van der Waals surface area contributed by atoms with E-state index < -0.39 is 10.0 Å². The summed E-state index contributed by atoms with van der Waals surface area (Å²) in [6.45, 7) is 5.98. The minimum atomic E-state index is -3.59. The predicted molar refractivity (Wildman–Crippen MR) is 94.5 cm³/mol. The Balaban J connectivity index is 1.66. The number of hydrogen-bond donors (Lipinski definition) is 2. The molecule has 2 aromatic rings. The summed E-state index contributed by atoms with van der Waals surface area (Å²) in [5.41, 5.74) is 0.554. The number of nitrogens with one attached hydrogen (secondary N) is 2. The van der Waals surface area contributed by atoms with Gasteiger partial charge in [-0.15, -0.1) is 6.58 Å². The molecule has 0 spiro atoms. The first kappa shape index (κ1) is 17.6. The second-order valence-electron chi connectivity index (χ2n) is 5.83. The van der Waals surface area contributed by atoms with Crippen molar-refractivity contribution in [2.75, 3.05) is 39.3 Å². The molecule has 2 aromatic heterocycles. The Labute approximate surface area is 146 Å². The molecule has 0 atom stereocenters. The minimum absolute atomic E-state index is 0.0843. The van der Waals surface area contributed by atoms with Crippen LogP contribution in [0.15, 0.2) is 42.1 Å². The maximum absolute atomic E-state index is 12.9. The van der Waals surface area contributed by atoms with Crippen LogP contribution in [0.1, 0.15) is 0 Å². The highest BCUT2D eigenvalue weighted by Crippen LogP contribution is 2.25. The number of fused-ring (bicyclic) bond motifs is 1. The average Bonchev–Trinajstić information content (AvgIpc) is 3.05. The van der Waals surface area contributed by atoms with Crippen LogP contribution in [0.2, 0.25) is 0 Å². The summed E-state index contributed by atoms with van der Waals surface area (Å²) in [6, 6.07) is 3.46. The molecule has 0 radical (unpaired) electrons. The molecule has 9 heteroatoms. The zero-order valence-electron chi connectivity index (χ0n) is 13.8. The van der Waals surface area contributed by atoms with E-state index in [-0.39, 0.29) is 17.3 Å². The van der Waals surface area contributed by atoms with Crippen molar-refractivity contribution in [3.63, 3.8) is 0 Å². The number of H-pyrrole nitrogens is 1. The molecule has 0 unspecified atom stereocenters. The first-order valence-corrected chi connectivity index (χ1v) is 9.48. The fraction of sp³-hybridized carbons (Fsp3) is 0.375. The minimum Gasteiger partial charge on any atom is -0.352 e. The number of rotatable bonds is 6. The lowest BCUT2D eigenvalue weighted by atomic mass is 10.3. The van der Waals surface area contributed by atoms with Crippen molar-refractivity contribution in [3.05, 3.63) is 37.2 Å². The largest absolute Gasteiger partial charge is 0.352 e. The van der Waals surface area contributed by atoms with Crippen LogP contribution in [-0.4, -0.2) is 72.8 Å². The molecule has 1 amide bonds. The number of piperazine rings is 1. The highest BCUT2D eigenvalue weighted by atomic mass is 32.2. The summed E-state index contributed by atoms with van der Waals surface area (Å²) in [4.78, 5) is 21.0. The van der Waals surface area contributed by atoms with Crippen LogP contribution in [0.5, 0.6) is 0 Å². The lowest BCUT2D eigenvalue weighted by Crippen LogP contribution is -2.51. The van der Waals surface area contributed by atoms with Crippen molar-refractivity contribution in [3.8, 4) is 0 Å². The van der Waals surface area contributed by atoms with Gasteiger partial charge in [-0.1, -0.05) is 6.08 Å². The van der Waals surface area contributed by atoms with Crippen LogP contribution in [0.25, 0.3) is 11.0 Å². The van der Waals surface area contributed by atoms with Gasteiger partial charge in [0.15, 0.2) is 0 Å². The number of aromatic nitrogens is 2. The summed E-state index contributed by atoms with van der Waals surface area (Å²) in [6.07, 6.45) is 4.73. The van der Waals surface area contributed by atoms with E-state index in [4.69, 9.17) is 0 Å². The highest BCUT2D eigenvalue weighted by molar-refractivity contribution is 7.89. The normalized spacial score (nSPS) is 16.8. The predicted octanol–water partition coefficient (Wildman–Crippen LogP) is 0.171. The molecule has 134 valence electrons. The molecular formula is C16H21N5O3S. The van der Waals surface area contributed by atoms with Crippen LogP contribution < -0.4 is 5.32 Å². The Morgan fingerprint density at radius 3 is 2.84 bits per heavy atom. The molecule has 0 aliphatic carbocycles. The topological polar surface area (TPSA) is 98.4 Å². The van der Waals surface area contributed by atoms with Gasteiger partial charge < -0.3 is 10.3 Å². The van der Waals surface area contributed by atoms with Gasteiger partial charge in [0.25, 0.3) is 0 Å². The SMILES string of the molecule is C=CCNC(=O)CN1CCN(S(=O)(=O)c2c[nH]c3ncccc23)CC1. The van der Waals surface area contributed by atoms with E-state index in [0.29, 0.717) is 43.8 Å². The van der Waals surface area contributed by atoms with Gasteiger partial charge in [0.1, 0.15) is 10.5 Å². The average molecular weight is 363 g/mol. The zero-order valence-corrected chi connectivity index (χ0v) is 14.6. The standard InChI is InChI=1S/C16H21N5O3S/c1-2-5-17-15(22)12-20-7-9-21(10-8-20)25(23,24)14-11-19-16-13(14)4-3-6-18-16/h2-4,6,11H,1,5,7-10,12H2,(H,17,22)(H,18,19). The second-order valence-corrected chi connectivity index (χ2v) is 7.73. The Hall–Kier alpha value is -2.23. The molecule has 3 rings (SSSR count). The third-order valence-corrected chi connectivity index (χ3v) is 6.11. The number of aromatic amines is 1. The van der Waals surface area contributed by atoms with Gasteiger partial charge in [-0.05, 0) is 12.1 Å². The van der Waals surface area contributed by atoms with E-state index in [2.05, 4.69) is 21.9 Å². The van der Waals surface area contributed by atoms with Crippen molar-refractivity contribution in [2.45, 2.75) is 4.90 Å². The van der Waals surface area contributed by atoms with Gasteiger partial charge in [-0.2, -0.15) is 4.31 Å². The maximum atomic E-state index is 12.9. The molecule has 8 nitrogen and oxygen atoms in total. The lowest BCUT2D eigenvalue weighted by Gasteiger charge is -2.33. The number of hydrogen-bond acceptors (Lipinski definition) is 5. The van der Waals surface area contributed by atoms with Crippen molar-refractivity contribution in [1.29, 1.82) is 0 Å². The molecule has 1 aliphatic rings. The van der Waals surface area contributed by atoms with Crippen LogP contribution in [-0.2, 0) is 14.8 Å². The number of carbonyl (C=O) groups is 1. The summed E-state index contributed by atoms with van der Waals surface area (Å²) in [7, 11) is -3.59. The van der Waals surface area contributed by atoms with Crippen LogP contribution >= 0.6 is 0 Å². The first-order valence-electron chi connectivity index (χ1n) is 8.04. The van der Waals surface area contributed by atoms with Crippen molar-refractivity contribution >= 4 is 27.0 Å². The third-order valence-electron chi connectivity index (χ3n) is 4.17. The van der Waals surface area contributed by atoms with E-state index in [9.17, 15) is 13.2 Å². The second kappa shape index (κ2) is 7.34. The van der Waals surface area contributed by atoms with Crippen molar-refractivity contribution in [1.82, 2.24) is 24.5 Å². The first-order chi connectivity index (χ1) is 12.0. The van der Waals surface area contributed by atoms with Gasteiger partial charge in [0, 0.05) is 50.5 Å². The van der Waals surface area contributed by atoms with Gasteiger partial charge in [-0.25, -0.2) is 13.4 Å². The van der Waals surface area contributed by atoms with Gasteiger partial charge in [0.05, 0.1) is 6.54 Å². The quantitative estimate of drug-likeness (QED) is 0.713. The molecule has 25 heavy (non-hydrogen) atoms. The smallest absolute Gasteiger partial charge is 0.245 e. The Morgan fingerprint density at radius 2 is 2.12 bits per heavy atom. The van der Waals surface area contributed by atoms with E-state index in [1.54, 1.807) is 24.4 Å². The molecular weight excluding hydrogens is 342 g/mol. The van der Waals surface area contributed by atoms with E-state index in [1.165, 1.54) is 10.5 Å². The van der Waals surface area contributed by atoms with Gasteiger partial charge >= 0.3 is 0 Å². The summed E-state index contributed by atoms with van der Waals surface area (Å²) in [5.74, 6) is -0.0843. The summed E-state index contributed by atoms with van der Waals surface area (Å²) < 4.78 is 27.3. The molecule has 1 fully saturated rings. The van der Waals surface area contributed by atoms with E-state index >= 15 is 0 Å². The lowest BCUT2D eigenvalue weighted by molar-refractivity contribution is -0.122. The van der Waals surface area contributed by atoms with Gasteiger partial charge in [-0.3, -0.25) is 9.69 Å². The molecule has 0 bridgehead atoms. The molecule has 0 aromatic carbocycles.